The van der Waals surface area contributed by atoms with Crippen molar-refractivity contribution >= 4 is 44.6 Å². The zero-order chi connectivity index (χ0) is 21.9. The Morgan fingerprint density at radius 1 is 1.21 bits per heavy atom. The molecule has 1 unspecified atom stereocenters. The number of rotatable bonds is 7. The number of amides is 1. The molecular formula is C19H22ClN3O5S. The number of halogens is 1. The molecule has 8 nitrogen and oxygen atoms in total. The molecule has 0 fully saturated rings. The third-order valence-electron chi connectivity index (χ3n) is 4.42. The summed E-state index contributed by atoms with van der Waals surface area (Å²) in [6.07, 6.45) is 1.13. The zero-order valence-electron chi connectivity index (χ0n) is 16.5. The molecule has 2 aromatic rings. The Labute approximate surface area is 174 Å². The highest BCUT2D eigenvalue weighted by atomic mass is 35.5. The molecule has 0 bridgehead atoms. The summed E-state index contributed by atoms with van der Waals surface area (Å²) in [6, 6.07) is 7.74. The van der Waals surface area contributed by atoms with Crippen LogP contribution in [0.4, 0.5) is 17.1 Å². The Kier molecular flexibility index (Phi) is 6.86. The van der Waals surface area contributed by atoms with Gasteiger partial charge >= 0.3 is 0 Å². The minimum Gasteiger partial charge on any atom is -0.324 e. The van der Waals surface area contributed by atoms with Crippen LogP contribution in [-0.2, 0) is 14.8 Å². The van der Waals surface area contributed by atoms with Gasteiger partial charge in [0.05, 0.1) is 16.9 Å². The second-order valence-electron chi connectivity index (χ2n) is 6.66. The van der Waals surface area contributed by atoms with Crippen molar-refractivity contribution < 1.29 is 18.1 Å². The van der Waals surface area contributed by atoms with E-state index in [4.69, 9.17) is 11.6 Å². The first-order valence-electron chi connectivity index (χ1n) is 8.77. The van der Waals surface area contributed by atoms with Crippen LogP contribution in [0.1, 0.15) is 24.5 Å². The minimum atomic E-state index is -3.92. The predicted octanol–water partition coefficient (Wildman–Crippen LogP) is 4.05. The summed E-state index contributed by atoms with van der Waals surface area (Å²) in [6.45, 7) is 5.07. The van der Waals surface area contributed by atoms with Crippen LogP contribution < -0.4 is 9.62 Å². The Hall–Kier alpha value is -2.65. The van der Waals surface area contributed by atoms with Gasteiger partial charge in [-0.2, -0.15) is 0 Å². The summed E-state index contributed by atoms with van der Waals surface area (Å²) in [5, 5.41) is 14.4. The largest absolute Gasteiger partial charge is 0.324 e. The monoisotopic (exact) mass is 439 g/mol. The van der Waals surface area contributed by atoms with Gasteiger partial charge in [0.1, 0.15) is 6.04 Å². The van der Waals surface area contributed by atoms with Crippen molar-refractivity contribution in [1.29, 1.82) is 0 Å². The maximum absolute atomic E-state index is 13.0. The van der Waals surface area contributed by atoms with Crippen molar-refractivity contribution in [3.63, 3.8) is 0 Å². The summed E-state index contributed by atoms with van der Waals surface area (Å²) in [5.41, 5.74) is 1.55. The summed E-state index contributed by atoms with van der Waals surface area (Å²) in [7, 11) is -3.92. The molecular weight excluding hydrogens is 418 g/mol. The second kappa shape index (κ2) is 8.79. The van der Waals surface area contributed by atoms with Crippen LogP contribution in [0, 0.1) is 24.0 Å². The molecule has 1 N–H and O–H groups in total. The van der Waals surface area contributed by atoms with E-state index in [1.165, 1.54) is 18.2 Å². The topological polar surface area (TPSA) is 110 Å². The molecule has 0 aromatic heterocycles. The second-order valence-corrected chi connectivity index (χ2v) is 8.96. The van der Waals surface area contributed by atoms with Gasteiger partial charge in [0.2, 0.25) is 15.9 Å². The van der Waals surface area contributed by atoms with E-state index in [0.29, 0.717) is 16.3 Å². The smallest absolute Gasteiger partial charge is 0.271 e. The Bertz CT molecular complexity index is 1060. The minimum absolute atomic E-state index is 0.0940. The first kappa shape index (κ1) is 22.6. The molecule has 2 aromatic carbocycles. The molecule has 0 saturated carbocycles. The average molecular weight is 440 g/mol. The quantitative estimate of drug-likeness (QED) is 0.517. The van der Waals surface area contributed by atoms with Crippen molar-refractivity contribution in [3.05, 3.63) is 62.7 Å². The molecule has 1 amide bonds. The van der Waals surface area contributed by atoms with Crippen molar-refractivity contribution in [2.24, 2.45) is 0 Å². The number of carbonyl (C=O) groups excluding carboxylic acids is 1. The molecule has 0 aliphatic carbocycles. The van der Waals surface area contributed by atoms with Crippen LogP contribution in [0.25, 0.3) is 0 Å². The number of hydrogen-bond acceptors (Lipinski definition) is 5. The summed E-state index contributed by atoms with van der Waals surface area (Å²) in [4.78, 5) is 23.5. The Balaban J connectivity index is 2.51. The molecule has 0 saturated heterocycles. The van der Waals surface area contributed by atoms with E-state index in [1.54, 1.807) is 39.0 Å². The number of nitro groups is 1. The molecule has 10 heteroatoms. The lowest BCUT2D eigenvalue weighted by molar-refractivity contribution is -0.384. The number of carbonyl (C=O) groups is 1. The average Bonchev–Trinajstić information content (AvgIpc) is 2.61. The van der Waals surface area contributed by atoms with Gasteiger partial charge < -0.3 is 5.32 Å². The third-order valence-corrected chi connectivity index (χ3v) is 5.82. The lowest BCUT2D eigenvalue weighted by Gasteiger charge is -2.31. The summed E-state index contributed by atoms with van der Waals surface area (Å²) >= 11 is 5.94. The standard InChI is InChI=1S/C19H22ClN3O5S/c1-5-17(19(24)21-16-9-7-14(20)10-13(16)3)22(29(4,27)28)18-11-15(23(25)26)8-6-12(18)2/h6-11,17H,5H2,1-4H3,(H,21,24). The number of benzene rings is 2. The molecule has 0 aliphatic heterocycles. The molecule has 0 aliphatic rings. The van der Waals surface area contributed by atoms with E-state index >= 15 is 0 Å². The first-order chi connectivity index (χ1) is 13.5. The van der Waals surface area contributed by atoms with Crippen LogP contribution in [0.3, 0.4) is 0 Å². The van der Waals surface area contributed by atoms with Gasteiger partial charge in [0.15, 0.2) is 0 Å². The Morgan fingerprint density at radius 3 is 2.38 bits per heavy atom. The van der Waals surface area contributed by atoms with Gasteiger partial charge in [0, 0.05) is 22.8 Å². The molecule has 1 atom stereocenters. The Morgan fingerprint density at radius 2 is 1.86 bits per heavy atom. The fourth-order valence-corrected chi connectivity index (χ4v) is 4.46. The third kappa shape index (κ3) is 5.24. The highest BCUT2D eigenvalue weighted by molar-refractivity contribution is 7.92. The van der Waals surface area contributed by atoms with Crippen molar-refractivity contribution in [3.8, 4) is 0 Å². The van der Waals surface area contributed by atoms with Crippen LogP contribution in [-0.4, -0.2) is 31.5 Å². The molecule has 156 valence electrons. The van der Waals surface area contributed by atoms with Crippen LogP contribution in [0.5, 0.6) is 0 Å². The molecule has 0 radical (unpaired) electrons. The lowest BCUT2D eigenvalue weighted by atomic mass is 10.1. The van der Waals surface area contributed by atoms with Crippen LogP contribution in [0.2, 0.25) is 5.02 Å². The zero-order valence-corrected chi connectivity index (χ0v) is 18.0. The van der Waals surface area contributed by atoms with Gasteiger partial charge in [-0.1, -0.05) is 24.6 Å². The highest BCUT2D eigenvalue weighted by Gasteiger charge is 2.33. The van der Waals surface area contributed by atoms with Crippen molar-refractivity contribution in [1.82, 2.24) is 0 Å². The van der Waals surface area contributed by atoms with Crippen molar-refractivity contribution in [2.75, 3.05) is 15.9 Å². The number of non-ortho nitro benzene ring substituents is 1. The number of aryl methyl sites for hydroxylation is 2. The lowest BCUT2D eigenvalue weighted by Crippen LogP contribution is -2.47. The molecule has 0 spiro atoms. The van der Waals surface area contributed by atoms with E-state index < -0.39 is 26.9 Å². The van der Waals surface area contributed by atoms with Crippen molar-refractivity contribution in [2.45, 2.75) is 33.2 Å². The number of nitrogens with zero attached hydrogens (tertiary/aromatic N) is 2. The number of nitro benzene ring substituents is 1. The van der Waals surface area contributed by atoms with Gasteiger partial charge in [-0.25, -0.2) is 8.42 Å². The summed E-state index contributed by atoms with van der Waals surface area (Å²) in [5.74, 6) is -0.547. The molecule has 29 heavy (non-hydrogen) atoms. The maximum atomic E-state index is 13.0. The van der Waals surface area contributed by atoms with E-state index in [2.05, 4.69) is 5.32 Å². The summed E-state index contributed by atoms with van der Waals surface area (Å²) < 4.78 is 26.1. The van der Waals surface area contributed by atoms with Gasteiger partial charge in [-0.3, -0.25) is 19.2 Å². The fourth-order valence-electron chi connectivity index (χ4n) is 2.97. The van der Waals surface area contributed by atoms with Crippen LogP contribution in [0.15, 0.2) is 36.4 Å². The van der Waals surface area contributed by atoms with Gasteiger partial charge in [-0.05, 0) is 49.6 Å². The highest BCUT2D eigenvalue weighted by Crippen LogP contribution is 2.31. The normalized spacial score (nSPS) is 12.3. The van der Waals surface area contributed by atoms with E-state index in [9.17, 15) is 23.3 Å². The predicted molar refractivity (Wildman–Crippen MR) is 114 cm³/mol. The van der Waals surface area contributed by atoms with Crippen LogP contribution >= 0.6 is 11.6 Å². The maximum Gasteiger partial charge on any atom is 0.271 e. The van der Waals surface area contributed by atoms with E-state index in [-0.39, 0.29) is 17.8 Å². The number of sulfonamides is 1. The molecule has 0 heterocycles. The van der Waals surface area contributed by atoms with Gasteiger partial charge in [-0.15, -0.1) is 0 Å². The number of anilines is 2. The van der Waals surface area contributed by atoms with E-state index in [0.717, 1.165) is 16.1 Å². The molecule has 2 rings (SSSR count). The number of nitrogens with one attached hydrogen (secondary N) is 1. The SMILES string of the molecule is CCC(C(=O)Nc1ccc(Cl)cc1C)N(c1cc([N+](=O)[O-])ccc1C)S(C)(=O)=O. The van der Waals surface area contributed by atoms with Gasteiger partial charge in [0.25, 0.3) is 5.69 Å². The first-order valence-corrected chi connectivity index (χ1v) is 11.0. The number of hydrogen-bond donors (Lipinski definition) is 1. The fraction of sp³-hybridized carbons (Fsp3) is 0.316. The van der Waals surface area contributed by atoms with E-state index in [1.807, 2.05) is 0 Å².